The van der Waals surface area contributed by atoms with Crippen LogP contribution in [0.2, 0.25) is 5.02 Å². The molecule has 2 N–H and O–H groups in total. The number of halogens is 1. The Balaban J connectivity index is 1.28. The van der Waals surface area contributed by atoms with Crippen LogP contribution in [0.5, 0.6) is 5.75 Å². The van der Waals surface area contributed by atoms with Crippen LogP contribution >= 0.6 is 11.6 Å². The van der Waals surface area contributed by atoms with Gasteiger partial charge in [-0.1, -0.05) is 90.5 Å². The molecule has 8 nitrogen and oxygen atoms in total. The van der Waals surface area contributed by atoms with E-state index in [1.165, 1.54) is 12.1 Å². The number of aromatic nitrogens is 1. The van der Waals surface area contributed by atoms with E-state index in [0.29, 0.717) is 10.9 Å². The summed E-state index contributed by atoms with van der Waals surface area (Å²) in [5, 5.41) is 4.25. The predicted octanol–water partition coefficient (Wildman–Crippen LogP) is 7.04. The number of amides is 1. The molecule has 0 saturated carbocycles. The van der Waals surface area contributed by atoms with Crippen molar-refractivity contribution < 1.29 is 23.5 Å². The number of esters is 1. The molecule has 0 unspecified atom stereocenters. The van der Waals surface area contributed by atoms with E-state index in [9.17, 15) is 14.4 Å². The van der Waals surface area contributed by atoms with Gasteiger partial charge in [-0.3, -0.25) is 0 Å². The maximum Gasteiger partial charge on any atom is 0.408 e. The summed E-state index contributed by atoms with van der Waals surface area (Å²) in [5.41, 5.74) is 3.55. The minimum atomic E-state index is -1.13. The number of alkyl carbamates (subject to hydrolysis) is 1. The summed E-state index contributed by atoms with van der Waals surface area (Å²) in [5.74, 6) is -0.791. The number of carbonyl (C=O) groups is 2. The third-order valence-electron chi connectivity index (χ3n) is 6.98. The topological polar surface area (TPSA) is 111 Å². The van der Waals surface area contributed by atoms with Gasteiger partial charge in [0.25, 0.3) is 0 Å². The van der Waals surface area contributed by atoms with Gasteiger partial charge in [-0.15, -0.1) is 0 Å². The van der Waals surface area contributed by atoms with Crippen molar-refractivity contribution in [1.29, 1.82) is 0 Å². The summed E-state index contributed by atoms with van der Waals surface area (Å²) >= 11 is 6.58. The molecule has 9 heteroatoms. The van der Waals surface area contributed by atoms with Gasteiger partial charge >= 0.3 is 17.7 Å². The minimum absolute atomic E-state index is 0.0177. The Hall–Kier alpha value is -5.34. The number of hydrogen-bond donors (Lipinski definition) is 2. The third-order valence-corrected chi connectivity index (χ3v) is 7.28. The number of aromatic amines is 1. The molecule has 0 aliphatic carbocycles. The number of benzene rings is 4. The van der Waals surface area contributed by atoms with Crippen molar-refractivity contribution in [2.45, 2.75) is 19.1 Å². The highest BCUT2D eigenvalue weighted by Gasteiger charge is 2.27. The van der Waals surface area contributed by atoms with Crippen molar-refractivity contribution in [2.24, 2.45) is 0 Å². The van der Waals surface area contributed by atoms with Gasteiger partial charge in [0, 0.05) is 41.0 Å². The highest BCUT2D eigenvalue weighted by molar-refractivity contribution is 6.33. The van der Waals surface area contributed by atoms with E-state index in [0.717, 1.165) is 27.6 Å². The molecule has 0 aliphatic heterocycles. The number of rotatable bonds is 8. The first-order valence-electron chi connectivity index (χ1n) is 13.5. The molecule has 4 aromatic carbocycles. The molecule has 0 saturated heterocycles. The summed E-state index contributed by atoms with van der Waals surface area (Å²) < 4.78 is 16.5. The number of fused-ring (bicyclic) bond motifs is 2. The highest BCUT2D eigenvalue weighted by atomic mass is 35.5. The van der Waals surface area contributed by atoms with Gasteiger partial charge in [0.15, 0.2) is 5.75 Å². The van der Waals surface area contributed by atoms with E-state index in [1.807, 2.05) is 84.9 Å². The van der Waals surface area contributed by atoms with E-state index >= 15 is 0 Å². The predicted molar refractivity (Wildman–Crippen MR) is 164 cm³/mol. The average Bonchev–Trinajstić information content (AvgIpc) is 3.43. The van der Waals surface area contributed by atoms with E-state index < -0.39 is 23.7 Å². The summed E-state index contributed by atoms with van der Waals surface area (Å²) in [6, 6.07) is 29.4. The van der Waals surface area contributed by atoms with Gasteiger partial charge in [-0.05, 0) is 34.4 Å². The van der Waals surface area contributed by atoms with E-state index in [1.54, 1.807) is 12.3 Å². The second kappa shape index (κ2) is 12.3. The van der Waals surface area contributed by atoms with Crippen LogP contribution in [0.1, 0.15) is 11.1 Å². The Labute approximate surface area is 250 Å². The van der Waals surface area contributed by atoms with Crippen molar-refractivity contribution in [3.63, 3.8) is 0 Å². The van der Waals surface area contributed by atoms with Gasteiger partial charge in [0.2, 0.25) is 0 Å². The molecular formula is C34H25ClN2O6. The fourth-order valence-electron chi connectivity index (χ4n) is 4.90. The second-order valence-electron chi connectivity index (χ2n) is 9.87. The van der Waals surface area contributed by atoms with Crippen LogP contribution in [0, 0.1) is 0 Å². The summed E-state index contributed by atoms with van der Waals surface area (Å²) in [4.78, 5) is 42.0. The van der Waals surface area contributed by atoms with Gasteiger partial charge < -0.3 is 24.2 Å². The van der Waals surface area contributed by atoms with Crippen molar-refractivity contribution >= 4 is 45.5 Å². The molecule has 214 valence electrons. The van der Waals surface area contributed by atoms with Crippen molar-refractivity contribution in [3.05, 3.63) is 136 Å². The molecule has 6 aromatic rings. The minimum Gasteiger partial charge on any atom is -0.445 e. The number of hydrogen-bond acceptors (Lipinski definition) is 6. The number of ether oxygens (including phenoxy) is 2. The van der Waals surface area contributed by atoms with Gasteiger partial charge in [0.1, 0.15) is 18.2 Å². The fourth-order valence-corrected chi connectivity index (χ4v) is 5.10. The van der Waals surface area contributed by atoms with Crippen molar-refractivity contribution in [2.75, 3.05) is 0 Å². The molecule has 6 rings (SSSR count). The third kappa shape index (κ3) is 6.29. The quantitative estimate of drug-likeness (QED) is 0.111. The average molecular weight is 593 g/mol. The van der Waals surface area contributed by atoms with E-state index in [-0.39, 0.29) is 29.4 Å². The first-order valence-corrected chi connectivity index (χ1v) is 13.9. The molecule has 2 heterocycles. The summed E-state index contributed by atoms with van der Waals surface area (Å²) in [6.45, 7) is 0.0286. The van der Waals surface area contributed by atoms with Crippen molar-refractivity contribution in [1.82, 2.24) is 10.3 Å². The lowest BCUT2D eigenvalue weighted by Crippen LogP contribution is -2.44. The Morgan fingerprint density at radius 2 is 1.60 bits per heavy atom. The molecule has 0 fully saturated rings. The number of carbonyl (C=O) groups excluding carboxylic acids is 2. The zero-order valence-electron chi connectivity index (χ0n) is 22.7. The number of para-hydroxylation sites is 1. The van der Waals surface area contributed by atoms with Gasteiger partial charge in [-0.25, -0.2) is 14.4 Å². The van der Waals surface area contributed by atoms with Gasteiger partial charge in [0.05, 0.1) is 5.02 Å². The molecule has 0 spiro atoms. The monoisotopic (exact) mass is 592 g/mol. The Morgan fingerprint density at radius 1 is 0.884 bits per heavy atom. The Kier molecular flexibility index (Phi) is 7.93. The normalized spacial score (nSPS) is 11.7. The van der Waals surface area contributed by atoms with Crippen LogP contribution in [0.4, 0.5) is 4.79 Å². The first kappa shape index (κ1) is 27.8. The maximum atomic E-state index is 13.6. The van der Waals surface area contributed by atoms with E-state index in [2.05, 4.69) is 10.3 Å². The lowest BCUT2D eigenvalue weighted by molar-refractivity contribution is -0.136. The standard InChI is InChI=1S/C34H25ClN2O6/c35-27-16-26-25(22-11-5-2-6-12-22)17-32(38)42-30(26)18-31(27)43-33(39)29(15-23-19-36-28-14-8-7-13-24(23)28)37-34(40)41-20-21-9-3-1-4-10-21/h1-14,16-19,29,36H,15,20H2,(H,37,40)/t29-/m0/s1. The van der Waals surface area contributed by atoms with Crippen molar-refractivity contribution in [3.8, 4) is 16.9 Å². The van der Waals surface area contributed by atoms with Crippen LogP contribution in [0.15, 0.2) is 119 Å². The fraction of sp³-hybridized carbons (Fsp3) is 0.0882. The Morgan fingerprint density at radius 3 is 2.40 bits per heavy atom. The lowest BCUT2D eigenvalue weighted by atomic mass is 10.0. The molecule has 2 aromatic heterocycles. The van der Waals surface area contributed by atoms with E-state index in [4.69, 9.17) is 25.5 Å². The molecule has 0 radical (unpaired) electrons. The summed E-state index contributed by atoms with van der Waals surface area (Å²) in [6.07, 6.45) is 1.11. The largest absolute Gasteiger partial charge is 0.445 e. The van der Waals surface area contributed by atoms with Crippen LogP contribution in [0.25, 0.3) is 33.0 Å². The Bertz CT molecular complexity index is 1990. The number of nitrogens with one attached hydrogen (secondary N) is 2. The molecule has 1 amide bonds. The maximum absolute atomic E-state index is 13.6. The zero-order chi connectivity index (χ0) is 29.8. The van der Waals surface area contributed by atoms with Crippen LogP contribution in [-0.2, 0) is 22.6 Å². The molecule has 1 atom stereocenters. The van der Waals surface area contributed by atoms with Gasteiger partial charge in [-0.2, -0.15) is 0 Å². The van der Waals surface area contributed by atoms with Crippen LogP contribution in [-0.4, -0.2) is 23.1 Å². The smallest absolute Gasteiger partial charge is 0.408 e. The summed E-state index contributed by atoms with van der Waals surface area (Å²) in [7, 11) is 0. The molecule has 0 bridgehead atoms. The molecule has 0 aliphatic rings. The second-order valence-corrected chi connectivity index (χ2v) is 10.3. The molecule has 43 heavy (non-hydrogen) atoms. The number of H-pyrrole nitrogens is 1. The zero-order valence-corrected chi connectivity index (χ0v) is 23.5. The highest BCUT2D eigenvalue weighted by Crippen LogP contribution is 2.35. The first-order chi connectivity index (χ1) is 20.9. The van der Waals surface area contributed by atoms with Crippen LogP contribution < -0.4 is 15.7 Å². The SMILES string of the molecule is O=C(N[C@@H](Cc1c[nH]c2ccccc12)C(=O)Oc1cc2oc(=O)cc(-c3ccccc3)c2cc1Cl)OCc1ccccc1. The van der Waals surface area contributed by atoms with Crippen LogP contribution in [0.3, 0.4) is 0 Å². The molecular weight excluding hydrogens is 568 g/mol. The lowest BCUT2D eigenvalue weighted by Gasteiger charge is -2.18.